The Balaban J connectivity index is 2.84. The Hall–Kier alpha value is -1.14. The molecule has 0 spiro atoms. The number of carbonyl (C=O) groups excluding carboxylic acids is 1. The minimum atomic E-state index is -1.74. The zero-order valence-corrected chi connectivity index (χ0v) is 8.94. The summed E-state index contributed by atoms with van der Waals surface area (Å²) >= 11 is 0. The maximum atomic E-state index is 11.7. The van der Waals surface area contributed by atoms with Crippen molar-refractivity contribution in [3.8, 4) is 0 Å². The molecule has 1 rings (SSSR count). The van der Waals surface area contributed by atoms with Crippen LogP contribution in [0.1, 0.15) is 20.8 Å². The quantitative estimate of drug-likeness (QED) is 0.487. The Morgan fingerprint density at radius 2 is 2.07 bits per heavy atom. The van der Waals surface area contributed by atoms with Crippen molar-refractivity contribution in [2.24, 2.45) is 11.1 Å². The van der Waals surface area contributed by atoms with Gasteiger partial charge < -0.3 is 20.3 Å². The van der Waals surface area contributed by atoms with Crippen LogP contribution in [-0.4, -0.2) is 35.5 Å². The number of carbonyl (C=O) groups is 2. The van der Waals surface area contributed by atoms with E-state index in [1.54, 1.807) is 20.8 Å². The van der Waals surface area contributed by atoms with Gasteiger partial charge in [-0.25, -0.2) is 0 Å². The van der Waals surface area contributed by atoms with E-state index in [4.69, 9.17) is 20.3 Å². The van der Waals surface area contributed by atoms with Gasteiger partial charge in [0.1, 0.15) is 11.8 Å². The molecule has 2 atom stereocenters. The third-order valence-electron chi connectivity index (χ3n) is 2.12. The maximum absolute atomic E-state index is 11.7. The number of hydrogen-bond acceptors (Lipinski definition) is 5. The molecule has 0 saturated carbocycles. The van der Waals surface area contributed by atoms with Crippen molar-refractivity contribution in [1.29, 1.82) is 0 Å². The van der Waals surface area contributed by atoms with Crippen LogP contribution in [0.5, 0.6) is 0 Å². The summed E-state index contributed by atoms with van der Waals surface area (Å²) in [5.41, 5.74) is 2.89. The van der Waals surface area contributed by atoms with Gasteiger partial charge in [0.2, 0.25) is 5.41 Å². The van der Waals surface area contributed by atoms with E-state index in [0.717, 1.165) is 0 Å². The number of carboxylic acid groups (broad SMARTS) is 1. The molecule has 6 nitrogen and oxygen atoms in total. The highest BCUT2D eigenvalue weighted by Crippen LogP contribution is 2.35. The molecule has 1 heterocycles. The van der Waals surface area contributed by atoms with E-state index in [1.807, 2.05) is 0 Å². The molecular weight excluding hydrogens is 202 g/mol. The second-order valence-electron chi connectivity index (χ2n) is 4.51. The van der Waals surface area contributed by atoms with Gasteiger partial charge in [-0.05, 0) is 20.8 Å². The Kier molecular flexibility index (Phi) is 2.75. The van der Waals surface area contributed by atoms with Gasteiger partial charge in [0.15, 0.2) is 0 Å². The molecule has 1 saturated heterocycles. The second kappa shape index (κ2) is 3.46. The van der Waals surface area contributed by atoms with Crippen LogP contribution >= 0.6 is 0 Å². The van der Waals surface area contributed by atoms with E-state index < -0.39 is 29.2 Å². The van der Waals surface area contributed by atoms with Crippen LogP contribution in [0, 0.1) is 5.41 Å². The molecule has 0 aromatic rings. The topological polar surface area (TPSA) is 98.9 Å². The second-order valence-corrected chi connectivity index (χ2v) is 4.51. The van der Waals surface area contributed by atoms with Crippen LogP contribution in [0.25, 0.3) is 0 Å². The van der Waals surface area contributed by atoms with E-state index in [9.17, 15) is 9.59 Å². The monoisotopic (exact) mass is 217 g/mol. The van der Waals surface area contributed by atoms with Crippen molar-refractivity contribution >= 4 is 11.9 Å². The molecule has 0 aromatic carbocycles. The van der Waals surface area contributed by atoms with Gasteiger partial charge in [-0.15, -0.1) is 0 Å². The molecule has 2 unspecified atom stereocenters. The highest BCUT2D eigenvalue weighted by Gasteiger charge is 2.61. The standard InChI is InChI=1S/C9H15NO5/c1-8(2,3)15-7(13)9(6(11)12)4-14-5(9)10/h5H,4,10H2,1-3H3,(H,11,12). The number of rotatable bonds is 2. The number of esters is 1. The molecule has 1 fully saturated rings. The van der Waals surface area contributed by atoms with Gasteiger partial charge in [0, 0.05) is 0 Å². The number of hydrogen-bond donors (Lipinski definition) is 2. The van der Waals surface area contributed by atoms with Crippen molar-refractivity contribution in [2.45, 2.75) is 32.6 Å². The third-order valence-corrected chi connectivity index (χ3v) is 2.12. The van der Waals surface area contributed by atoms with E-state index in [2.05, 4.69) is 0 Å². The summed E-state index contributed by atoms with van der Waals surface area (Å²) in [6.45, 7) is 4.74. The fraction of sp³-hybridized carbons (Fsp3) is 0.778. The van der Waals surface area contributed by atoms with Crippen molar-refractivity contribution < 1.29 is 24.2 Å². The summed E-state index contributed by atoms with van der Waals surface area (Å²) in [4.78, 5) is 22.6. The zero-order chi connectivity index (χ0) is 11.9. The predicted molar refractivity (Wildman–Crippen MR) is 49.8 cm³/mol. The van der Waals surface area contributed by atoms with E-state index in [0.29, 0.717) is 0 Å². The van der Waals surface area contributed by atoms with Gasteiger partial charge >= 0.3 is 11.9 Å². The van der Waals surface area contributed by atoms with Crippen LogP contribution in [0.4, 0.5) is 0 Å². The van der Waals surface area contributed by atoms with Crippen molar-refractivity contribution in [3.63, 3.8) is 0 Å². The smallest absolute Gasteiger partial charge is 0.330 e. The molecule has 0 bridgehead atoms. The fourth-order valence-electron chi connectivity index (χ4n) is 1.16. The first-order chi connectivity index (χ1) is 6.70. The lowest BCUT2D eigenvalue weighted by Crippen LogP contribution is -2.66. The maximum Gasteiger partial charge on any atom is 0.330 e. The molecule has 0 aromatic heterocycles. The largest absolute Gasteiger partial charge is 0.480 e. The summed E-state index contributed by atoms with van der Waals surface area (Å²) in [5.74, 6) is -2.16. The number of ether oxygens (including phenoxy) is 2. The average molecular weight is 217 g/mol. The predicted octanol–water partition coefficient (Wildman–Crippen LogP) is -0.286. The SMILES string of the molecule is CC(C)(C)OC(=O)C1(C(=O)O)COC1N. The van der Waals surface area contributed by atoms with Crippen molar-refractivity contribution in [1.82, 2.24) is 0 Å². The lowest BCUT2D eigenvalue weighted by molar-refractivity contribution is -0.227. The number of nitrogens with two attached hydrogens (primary N) is 1. The van der Waals surface area contributed by atoms with Crippen LogP contribution in [0.15, 0.2) is 0 Å². The normalized spacial score (nSPS) is 30.5. The lowest BCUT2D eigenvalue weighted by Gasteiger charge is -2.42. The number of carboxylic acids is 1. The Morgan fingerprint density at radius 1 is 1.53 bits per heavy atom. The van der Waals surface area contributed by atoms with Crippen molar-refractivity contribution in [3.05, 3.63) is 0 Å². The summed E-state index contributed by atoms with van der Waals surface area (Å²) < 4.78 is 9.74. The Morgan fingerprint density at radius 3 is 2.27 bits per heavy atom. The molecule has 6 heteroatoms. The summed E-state index contributed by atoms with van der Waals surface area (Å²) in [6, 6.07) is 0. The fourth-order valence-corrected chi connectivity index (χ4v) is 1.16. The van der Waals surface area contributed by atoms with Crippen LogP contribution in [-0.2, 0) is 19.1 Å². The average Bonchev–Trinajstić information content (AvgIpc) is 1.97. The summed E-state index contributed by atoms with van der Waals surface area (Å²) in [6.07, 6.45) is -1.13. The molecule has 0 amide bonds. The molecule has 3 N–H and O–H groups in total. The van der Waals surface area contributed by atoms with Gasteiger partial charge in [0.25, 0.3) is 0 Å². The molecular formula is C9H15NO5. The molecule has 0 aliphatic carbocycles. The molecule has 0 radical (unpaired) electrons. The Bertz CT molecular complexity index is 295. The van der Waals surface area contributed by atoms with E-state index in [-0.39, 0.29) is 6.61 Å². The van der Waals surface area contributed by atoms with Gasteiger partial charge in [0.05, 0.1) is 6.61 Å². The van der Waals surface area contributed by atoms with Crippen LogP contribution in [0.2, 0.25) is 0 Å². The highest BCUT2D eigenvalue weighted by atomic mass is 16.6. The van der Waals surface area contributed by atoms with Crippen molar-refractivity contribution in [2.75, 3.05) is 6.61 Å². The first kappa shape index (κ1) is 11.9. The third kappa shape index (κ3) is 1.95. The summed E-state index contributed by atoms with van der Waals surface area (Å²) in [7, 11) is 0. The van der Waals surface area contributed by atoms with Crippen LogP contribution < -0.4 is 5.73 Å². The van der Waals surface area contributed by atoms with E-state index >= 15 is 0 Å². The van der Waals surface area contributed by atoms with Crippen LogP contribution in [0.3, 0.4) is 0 Å². The van der Waals surface area contributed by atoms with Gasteiger partial charge in [-0.2, -0.15) is 0 Å². The first-order valence-corrected chi connectivity index (χ1v) is 4.54. The first-order valence-electron chi connectivity index (χ1n) is 4.54. The Labute approximate surface area is 87.3 Å². The minimum absolute atomic E-state index is 0.238. The highest BCUT2D eigenvalue weighted by molar-refractivity contribution is 6.01. The molecule has 1 aliphatic heterocycles. The van der Waals surface area contributed by atoms with Gasteiger partial charge in [-0.1, -0.05) is 0 Å². The van der Waals surface area contributed by atoms with E-state index in [1.165, 1.54) is 0 Å². The summed E-state index contributed by atoms with van der Waals surface area (Å²) in [5, 5.41) is 8.96. The number of aliphatic carboxylic acids is 1. The van der Waals surface area contributed by atoms with Gasteiger partial charge in [-0.3, -0.25) is 9.59 Å². The molecule has 1 aliphatic rings. The lowest BCUT2D eigenvalue weighted by atomic mass is 9.82. The minimum Gasteiger partial charge on any atom is -0.480 e. The molecule has 86 valence electrons. The molecule has 15 heavy (non-hydrogen) atoms. The zero-order valence-electron chi connectivity index (χ0n) is 8.94.